The van der Waals surface area contributed by atoms with Crippen molar-refractivity contribution >= 4 is 23.2 Å². The SMILES string of the molecule is CC(N)Cc1ccc(Oc2cc(Cl)ccc2Cl)cc1. The van der Waals surface area contributed by atoms with Crippen LogP contribution in [0.5, 0.6) is 11.5 Å². The van der Waals surface area contributed by atoms with E-state index in [1.165, 1.54) is 5.56 Å². The van der Waals surface area contributed by atoms with Gasteiger partial charge in [0.05, 0.1) is 5.02 Å². The van der Waals surface area contributed by atoms with E-state index in [9.17, 15) is 0 Å². The number of ether oxygens (including phenoxy) is 1. The molecule has 0 aliphatic carbocycles. The maximum Gasteiger partial charge on any atom is 0.147 e. The summed E-state index contributed by atoms with van der Waals surface area (Å²) in [6.45, 7) is 1.98. The normalized spacial score (nSPS) is 12.2. The predicted molar refractivity (Wildman–Crippen MR) is 80.3 cm³/mol. The third-order valence-corrected chi connectivity index (χ3v) is 3.15. The number of halogens is 2. The lowest BCUT2D eigenvalue weighted by Crippen LogP contribution is -2.17. The van der Waals surface area contributed by atoms with Gasteiger partial charge in [-0.3, -0.25) is 0 Å². The van der Waals surface area contributed by atoms with Crippen LogP contribution in [-0.2, 0) is 6.42 Å². The maximum absolute atomic E-state index is 6.05. The van der Waals surface area contributed by atoms with Crippen molar-refractivity contribution in [2.45, 2.75) is 19.4 Å². The quantitative estimate of drug-likeness (QED) is 0.889. The van der Waals surface area contributed by atoms with E-state index in [1.807, 2.05) is 31.2 Å². The summed E-state index contributed by atoms with van der Waals surface area (Å²) in [7, 11) is 0. The van der Waals surface area contributed by atoms with E-state index < -0.39 is 0 Å². The second kappa shape index (κ2) is 6.29. The molecule has 0 heterocycles. The summed E-state index contributed by atoms with van der Waals surface area (Å²) in [5.41, 5.74) is 6.94. The molecule has 2 N–H and O–H groups in total. The first-order chi connectivity index (χ1) is 9.04. The molecular weight excluding hydrogens is 281 g/mol. The monoisotopic (exact) mass is 295 g/mol. The van der Waals surface area contributed by atoms with Crippen molar-refractivity contribution in [1.29, 1.82) is 0 Å². The molecule has 0 radical (unpaired) electrons. The van der Waals surface area contributed by atoms with Gasteiger partial charge in [-0.25, -0.2) is 0 Å². The van der Waals surface area contributed by atoms with Crippen molar-refractivity contribution < 1.29 is 4.74 Å². The van der Waals surface area contributed by atoms with Crippen molar-refractivity contribution in [3.63, 3.8) is 0 Å². The molecule has 2 nitrogen and oxygen atoms in total. The molecule has 2 aromatic carbocycles. The molecule has 2 aromatic rings. The van der Waals surface area contributed by atoms with Crippen LogP contribution in [0.4, 0.5) is 0 Å². The summed E-state index contributed by atoms with van der Waals surface area (Å²) < 4.78 is 5.70. The smallest absolute Gasteiger partial charge is 0.147 e. The van der Waals surface area contributed by atoms with Gasteiger partial charge in [0.1, 0.15) is 11.5 Å². The molecule has 0 aromatic heterocycles. The summed E-state index contributed by atoms with van der Waals surface area (Å²) in [4.78, 5) is 0. The molecule has 0 spiro atoms. The number of benzene rings is 2. The molecular formula is C15H15Cl2NO. The molecule has 100 valence electrons. The molecule has 0 aliphatic rings. The lowest BCUT2D eigenvalue weighted by atomic mass is 10.1. The fourth-order valence-corrected chi connectivity index (χ4v) is 2.07. The number of rotatable bonds is 4. The van der Waals surface area contributed by atoms with Crippen molar-refractivity contribution in [2.24, 2.45) is 5.73 Å². The fourth-order valence-electron chi connectivity index (χ4n) is 1.75. The van der Waals surface area contributed by atoms with E-state index in [2.05, 4.69) is 0 Å². The molecule has 19 heavy (non-hydrogen) atoms. The summed E-state index contributed by atoms with van der Waals surface area (Å²) in [5.74, 6) is 1.27. The van der Waals surface area contributed by atoms with E-state index in [4.69, 9.17) is 33.7 Å². The zero-order chi connectivity index (χ0) is 13.8. The minimum atomic E-state index is 0.147. The molecule has 0 saturated carbocycles. The summed E-state index contributed by atoms with van der Waals surface area (Å²) in [5, 5.41) is 1.12. The number of nitrogens with two attached hydrogens (primary N) is 1. The molecule has 0 amide bonds. The number of hydrogen-bond acceptors (Lipinski definition) is 2. The van der Waals surface area contributed by atoms with E-state index in [0.29, 0.717) is 15.8 Å². The Morgan fingerprint density at radius 1 is 1.11 bits per heavy atom. The van der Waals surface area contributed by atoms with E-state index in [0.717, 1.165) is 12.2 Å². The molecule has 4 heteroatoms. The maximum atomic E-state index is 6.05. The second-order valence-electron chi connectivity index (χ2n) is 4.50. The Bertz CT molecular complexity index is 553. The summed E-state index contributed by atoms with van der Waals surface area (Å²) >= 11 is 12.0. The highest BCUT2D eigenvalue weighted by Crippen LogP contribution is 2.31. The van der Waals surface area contributed by atoms with Crippen LogP contribution in [0.3, 0.4) is 0 Å². The van der Waals surface area contributed by atoms with Crippen molar-refractivity contribution in [2.75, 3.05) is 0 Å². The van der Waals surface area contributed by atoms with Gasteiger partial charge < -0.3 is 10.5 Å². The van der Waals surface area contributed by atoms with Gasteiger partial charge in [-0.15, -0.1) is 0 Å². The molecule has 0 saturated heterocycles. The summed E-state index contributed by atoms with van der Waals surface area (Å²) in [6, 6.07) is 13.1. The van der Waals surface area contributed by atoms with Crippen LogP contribution in [0.25, 0.3) is 0 Å². The predicted octanol–water partition coefficient (Wildman–Crippen LogP) is 4.68. The van der Waals surface area contributed by atoms with Crippen LogP contribution in [0, 0.1) is 0 Å². The Morgan fingerprint density at radius 2 is 1.79 bits per heavy atom. The molecule has 0 fully saturated rings. The topological polar surface area (TPSA) is 35.2 Å². The molecule has 1 unspecified atom stereocenters. The Balaban J connectivity index is 2.13. The molecule has 0 bridgehead atoms. The highest BCUT2D eigenvalue weighted by atomic mass is 35.5. The Kier molecular flexibility index (Phi) is 4.70. The standard InChI is InChI=1S/C15H15Cl2NO/c1-10(18)8-11-2-5-13(6-3-11)19-15-9-12(16)4-7-14(15)17/h2-7,9-10H,8,18H2,1H3. The Hall–Kier alpha value is -1.22. The largest absolute Gasteiger partial charge is 0.456 e. The lowest BCUT2D eigenvalue weighted by molar-refractivity contribution is 0.482. The minimum Gasteiger partial charge on any atom is -0.456 e. The third kappa shape index (κ3) is 4.13. The third-order valence-electron chi connectivity index (χ3n) is 2.60. The van der Waals surface area contributed by atoms with Crippen LogP contribution < -0.4 is 10.5 Å². The zero-order valence-corrected chi connectivity index (χ0v) is 12.1. The average Bonchev–Trinajstić information content (AvgIpc) is 2.35. The van der Waals surface area contributed by atoms with Crippen LogP contribution in [-0.4, -0.2) is 6.04 Å². The second-order valence-corrected chi connectivity index (χ2v) is 5.35. The van der Waals surface area contributed by atoms with Crippen molar-refractivity contribution in [3.05, 3.63) is 58.1 Å². The van der Waals surface area contributed by atoms with E-state index in [1.54, 1.807) is 18.2 Å². The van der Waals surface area contributed by atoms with Gasteiger partial charge in [-0.05, 0) is 43.2 Å². The first-order valence-corrected chi connectivity index (χ1v) is 6.77. The van der Waals surface area contributed by atoms with Crippen LogP contribution >= 0.6 is 23.2 Å². The van der Waals surface area contributed by atoms with Crippen LogP contribution in [0.15, 0.2) is 42.5 Å². The van der Waals surface area contributed by atoms with Gasteiger partial charge in [0.15, 0.2) is 0 Å². The molecule has 1 atom stereocenters. The summed E-state index contributed by atoms with van der Waals surface area (Å²) in [6.07, 6.45) is 0.845. The molecule has 2 rings (SSSR count). The van der Waals surface area contributed by atoms with Gasteiger partial charge in [0, 0.05) is 17.1 Å². The van der Waals surface area contributed by atoms with Gasteiger partial charge in [0.2, 0.25) is 0 Å². The van der Waals surface area contributed by atoms with Gasteiger partial charge >= 0.3 is 0 Å². The minimum absolute atomic E-state index is 0.147. The van der Waals surface area contributed by atoms with E-state index in [-0.39, 0.29) is 6.04 Å². The lowest BCUT2D eigenvalue weighted by Gasteiger charge is -2.09. The zero-order valence-electron chi connectivity index (χ0n) is 10.6. The van der Waals surface area contributed by atoms with Gasteiger partial charge in [-0.2, -0.15) is 0 Å². The highest BCUT2D eigenvalue weighted by Gasteiger charge is 2.05. The Morgan fingerprint density at radius 3 is 2.42 bits per heavy atom. The first-order valence-electron chi connectivity index (χ1n) is 6.02. The highest BCUT2D eigenvalue weighted by molar-refractivity contribution is 6.34. The average molecular weight is 296 g/mol. The van der Waals surface area contributed by atoms with Crippen LogP contribution in [0.1, 0.15) is 12.5 Å². The number of hydrogen-bond donors (Lipinski definition) is 1. The Labute approximate surface area is 123 Å². The first kappa shape index (κ1) is 14.2. The van der Waals surface area contributed by atoms with Crippen molar-refractivity contribution in [3.8, 4) is 11.5 Å². The fraction of sp³-hybridized carbons (Fsp3) is 0.200. The van der Waals surface area contributed by atoms with Gasteiger partial charge in [0.25, 0.3) is 0 Å². The van der Waals surface area contributed by atoms with Gasteiger partial charge in [-0.1, -0.05) is 35.3 Å². The van der Waals surface area contributed by atoms with Crippen molar-refractivity contribution in [1.82, 2.24) is 0 Å². The van der Waals surface area contributed by atoms with Crippen LogP contribution in [0.2, 0.25) is 10.0 Å². The molecule has 0 aliphatic heterocycles. The van der Waals surface area contributed by atoms with E-state index >= 15 is 0 Å².